The van der Waals surface area contributed by atoms with Crippen LogP contribution in [0.3, 0.4) is 0 Å². The monoisotopic (exact) mass is 475 g/mol. The number of hydrogen-bond donors (Lipinski definition) is 1. The van der Waals surface area contributed by atoms with Crippen LogP contribution in [-0.2, 0) is 14.3 Å². The molecule has 188 valence electrons. The third-order valence-corrected chi connectivity index (χ3v) is 6.04. The van der Waals surface area contributed by atoms with Crippen LogP contribution in [0.5, 0.6) is 0 Å². The molecule has 1 aliphatic heterocycles. The zero-order valence-electron chi connectivity index (χ0n) is 20.1. The van der Waals surface area contributed by atoms with Crippen LogP contribution in [0.25, 0.3) is 0 Å². The van der Waals surface area contributed by atoms with Gasteiger partial charge in [-0.3, -0.25) is 24.5 Å². The van der Waals surface area contributed by atoms with Crippen molar-refractivity contribution in [1.82, 2.24) is 10.2 Å². The highest BCUT2D eigenvalue weighted by Crippen LogP contribution is 2.22. The Morgan fingerprint density at radius 1 is 1.06 bits per heavy atom. The van der Waals surface area contributed by atoms with E-state index in [2.05, 4.69) is 12.2 Å². The predicted molar refractivity (Wildman–Crippen MR) is 128 cm³/mol. The molecule has 1 fully saturated rings. The Bertz CT molecular complexity index is 829. The maximum atomic E-state index is 13.0. The Morgan fingerprint density at radius 3 is 2.32 bits per heavy atom. The molecule has 0 aromatic heterocycles. The molecule has 1 saturated heterocycles. The third-order valence-electron chi connectivity index (χ3n) is 6.04. The van der Waals surface area contributed by atoms with Crippen molar-refractivity contribution in [2.24, 2.45) is 0 Å². The van der Waals surface area contributed by atoms with Crippen LogP contribution in [0.1, 0.15) is 87.9 Å². The molecular formula is C25H37N3O6. The maximum Gasteiger partial charge on any atom is 0.308 e. The summed E-state index contributed by atoms with van der Waals surface area (Å²) in [6.07, 6.45) is 11.5. The Kier molecular flexibility index (Phi) is 12.1. The van der Waals surface area contributed by atoms with Crippen LogP contribution in [0, 0.1) is 10.1 Å². The smallest absolute Gasteiger partial charge is 0.308 e. The summed E-state index contributed by atoms with van der Waals surface area (Å²) in [5, 5.41) is 13.9. The molecule has 1 atom stereocenters. The lowest BCUT2D eigenvalue weighted by Crippen LogP contribution is -2.57. The molecule has 0 aliphatic carbocycles. The van der Waals surface area contributed by atoms with E-state index in [9.17, 15) is 24.5 Å². The number of nitro groups is 1. The number of ether oxygens (including phenoxy) is 1. The fourth-order valence-corrected chi connectivity index (χ4v) is 4.12. The summed E-state index contributed by atoms with van der Waals surface area (Å²) in [7, 11) is 0. The van der Waals surface area contributed by atoms with E-state index in [1.165, 1.54) is 74.1 Å². The highest BCUT2D eigenvalue weighted by molar-refractivity contribution is 6.01. The number of benzene rings is 1. The minimum absolute atomic E-state index is 0.106. The Hall–Kier alpha value is -2.97. The van der Waals surface area contributed by atoms with Crippen LogP contribution in [-0.4, -0.2) is 53.3 Å². The zero-order valence-corrected chi connectivity index (χ0v) is 20.1. The molecule has 9 nitrogen and oxygen atoms in total. The first-order valence-electron chi connectivity index (χ1n) is 12.4. The highest BCUT2D eigenvalue weighted by Gasteiger charge is 2.37. The molecular weight excluding hydrogens is 438 g/mol. The zero-order chi connectivity index (χ0) is 24.8. The first kappa shape index (κ1) is 27.3. The second kappa shape index (κ2) is 15.0. The van der Waals surface area contributed by atoms with Crippen molar-refractivity contribution in [3.8, 4) is 0 Å². The van der Waals surface area contributed by atoms with Crippen molar-refractivity contribution in [2.75, 3.05) is 19.7 Å². The summed E-state index contributed by atoms with van der Waals surface area (Å²) >= 11 is 0. The minimum Gasteiger partial charge on any atom is -0.466 e. The number of nitrogens with zero attached hydrogens (tertiary/aromatic N) is 2. The van der Waals surface area contributed by atoms with Crippen LogP contribution < -0.4 is 5.32 Å². The number of nitrogens with one attached hydrogen (secondary N) is 1. The molecule has 2 rings (SSSR count). The van der Waals surface area contributed by atoms with Gasteiger partial charge >= 0.3 is 5.97 Å². The number of amides is 2. The molecule has 34 heavy (non-hydrogen) atoms. The van der Waals surface area contributed by atoms with E-state index in [1.807, 2.05) is 0 Å². The molecule has 0 saturated carbocycles. The van der Waals surface area contributed by atoms with Gasteiger partial charge in [-0.2, -0.15) is 0 Å². The summed E-state index contributed by atoms with van der Waals surface area (Å²) in [5.74, 6) is -1.66. The van der Waals surface area contributed by atoms with Crippen LogP contribution in [0.15, 0.2) is 24.3 Å². The van der Waals surface area contributed by atoms with E-state index < -0.39 is 28.7 Å². The minimum atomic E-state index is -1.05. The van der Waals surface area contributed by atoms with Gasteiger partial charge < -0.3 is 15.0 Å². The lowest BCUT2D eigenvalue weighted by atomic mass is 10.1. The van der Waals surface area contributed by atoms with E-state index in [4.69, 9.17) is 4.74 Å². The average Bonchev–Trinajstić information content (AvgIpc) is 2.83. The van der Waals surface area contributed by atoms with Gasteiger partial charge in [0.1, 0.15) is 11.6 Å². The first-order chi connectivity index (χ1) is 16.5. The predicted octanol–water partition coefficient (Wildman–Crippen LogP) is 4.39. The third kappa shape index (κ3) is 8.76. The number of esters is 1. The molecule has 1 heterocycles. The van der Waals surface area contributed by atoms with E-state index in [1.54, 1.807) is 0 Å². The van der Waals surface area contributed by atoms with Gasteiger partial charge in [-0.15, -0.1) is 0 Å². The van der Waals surface area contributed by atoms with Gasteiger partial charge in [-0.05, 0) is 12.5 Å². The normalized spacial score (nSPS) is 15.6. The number of carbonyl (C=O) groups excluding carboxylic acids is 3. The Labute approximate surface area is 201 Å². The van der Waals surface area contributed by atoms with Crippen molar-refractivity contribution in [3.63, 3.8) is 0 Å². The van der Waals surface area contributed by atoms with Crippen LogP contribution >= 0.6 is 0 Å². The average molecular weight is 476 g/mol. The number of unbranched alkanes of at least 4 members (excludes halogenated alkanes) is 9. The lowest BCUT2D eigenvalue weighted by Gasteiger charge is -2.34. The summed E-state index contributed by atoms with van der Waals surface area (Å²) in [6, 6.07) is 4.54. The van der Waals surface area contributed by atoms with Crippen molar-refractivity contribution >= 4 is 23.5 Å². The number of para-hydroxylation sites is 1. The van der Waals surface area contributed by atoms with Crippen molar-refractivity contribution in [1.29, 1.82) is 0 Å². The van der Waals surface area contributed by atoms with Gasteiger partial charge in [-0.1, -0.05) is 76.8 Å². The van der Waals surface area contributed by atoms with E-state index in [0.29, 0.717) is 0 Å². The quantitative estimate of drug-likeness (QED) is 0.174. The number of rotatable bonds is 15. The molecule has 1 aromatic rings. The van der Waals surface area contributed by atoms with Crippen molar-refractivity contribution in [2.45, 2.75) is 83.6 Å². The van der Waals surface area contributed by atoms with Gasteiger partial charge in [0, 0.05) is 19.2 Å². The Morgan fingerprint density at radius 2 is 1.68 bits per heavy atom. The maximum absolute atomic E-state index is 13.0. The molecule has 1 aliphatic rings. The largest absolute Gasteiger partial charge is 0.466 e. The summed E-state index contributed by atoms with van der Waals surface area (Å²) in [4.78, 5) is 49.7. The molecule has 9 heteroatoms. The summed E-state index contributed by atoms with van der Waals surface area (Å²) < 4.78 is 5.30. The fraction of sp³-hybridized carbons (Fsp3) is 0.640. The SMILES string of the molecule is CCCCCCCCCCCCOC(=O)CC1C(=O)NCCN1C(=O)c1ccccc1[N+](=O)[O-]. The van der Waals surface area contributed by atoms with Gasteiger partial charge in [0.2, 0.25) is 5.91 Å². The summed E-state index contributed by atoms with van der Waals surface area (Å²) in [5.41, 5.74) is -0.438. The number of nitro benzene ring substituents is 1. The molecule has 0 bridgehead atoms. The van der Waals surface area contributed by atoms with Gasteiger partial charge in [0.05, 0.1) is 18.0 Å². The van der Waals surface area contributed by atoms with E-state index in [-0.39, 0.29) is 37.4 Å². The topological polar surface area (TPSA) is 119 Å². The van der Waals surface area contributed by atoms with Crippen molar-refractivity contribution < 1.29 is 24.0 Å². The summed E-state index contributed by atoms with van der Waals surface area (Å²) in [6.45, 7) is 2.87. The van der Waals surface area contributed by atoms with Gasteiger partial charge in [0.15, 0.2) is 0 Å². The molecule has 1 N–H and O–H groups in total. The van der Waals surface area contributed by atoms with E-state index >= 15 is 0 Å². The molecule has 1 unspecified atom stereocenters. The molecule has 1 aromatic carbocycles. The lowest BCUT2D eigenvalue weighted by molar-refractivity contribution is -0.385. The number of carbonyl (C=O) groups is 3. The van der Waals surface area contributed by atoms with E-state index in [0.717, 1.165) is 19.3 Å². The van der Waals surface area contributed by atoms with Gasteiger partial charge in [-0.25, -0.2) is 0 Å². The van der Waals surface area contributed by atoms with Crippen LogP contribution in [0.4, 0.5) is 5.69 Å². The number of hydrogen-bond acceptors (Lipinski definition) is 6. The first-order valence-corrected chi connectivity index (χ1v) is 12.4. The number of piperazine rings is 1. The second-order valence-corrected chi connectivity index (χ2v) is 8.69. The second-order valence-electron chi connectivity index (χ2n) is 8.69. The molecule has 0 radical (unpaired) electrons. The molecule has 0 spiro atoms. The Balaban J connectivity index is 1.77. The van der Waals surface area contributed by atoms with Crippen molar-refractivity contribution in [3.05, 3.63) is 39.9 Å². The standard InChI is InChI=1S/C25H37N3O6/c1-2-3-4-5-6-7-8-9-10-13-18-34-23(29)19-22-24(30)26-16-17-27(22)25(31)20-14-11-12-15-21(20)28(32)33/h11-12,14-15,22H,2-10,13,16-19H2,1H3,(H,26,30). The van der Waals surface area contributed by atoms with Gasteiger partial charge in [0.25, 0.3) is 11.6 Å². The highest BCUT2D eigenvalue weighted by atomic mass is 16.6. The fourth-order valence-electron chi connectivity index (χ4n) is 4.12. The molecule has 2 amide bonds. The van der Waals surface area contributed by atoms with Crippen LogP contribution in [0.2, 0.25) is 0 Å².